The van der Waals surface area contributed by atoms with Crippen LogP contribution in [0.2, 0.25) is 0 Å². The largest absolute Gasteiger partial charge is 0.456 e. The molecule has 1 heterocycles. The number of nitrogens with one attached hydrogen (secondary N) is 1. The summed E-state index contributed by atoms with van der Waals surface area (Å²) in [6, 6.07) is 14.6. The maximum atomic E-state index is 14.9. The Morgan fingerprint density at radius 3 is 2.05 bits per heavy atom. The van der Waals surface area contributed by atoms with Crippen molar-refractivity contribution in [1.29, 1.82) is 0 Å². The Labute approximate surface area is 348 Å². The lowest BCUT2D eigenvalue weighted by atomic mass is 9.44. The summed E-state index contributed by atoms with van der Waals surface area (Å²) < 4.78 is 29.5. The van der Waals surface area contributed by atoms with Crippen LogP contribution in [0.5, 0.6) is 0 Å². The molecule has 1 amide bonds. The molecule has 0 radical (unpaired) electrons. The summed E-state index contributed by atoms with van der Waals surface area (Å²) in [5.41, 5.74) is -8.14. The van der Waals surface area contributed by atoms with Gasteiger partial charge in [-0.3, -0.25) is 9.59 Å². The van der Waals surface area contributed by atoms with Crippen LogP contribution in [0.3, 0.4) is 0 Å². The molecule has 16 heteroatoms. The molecule has 2 aromatic carbocycles. The molecule has 2 aromatic rings. The Balaban J connectivity index is 0.00000336. The van der Waals surface area contributed by atoms with E-state index in [1.807, 2.05) is 0 Å². The first kappa shape index (κ1) is 46.4. The fraction of sp³-hybridized carbons (Fsp3) is 0.568. The topological polar surface area (TPSA) is 245 Å². The number of rotatable bonds is 8. The maximum absolute atomic E-state index is 14.9. The van der Waals surface area contributed by atoms with Gasteiger partial charge in [0.05, 0.1) is 35.6 Å². The average molecular weight is 840 g/mol. The predicted octanol–water partition coefficient (Wildman–Crippen LogP) is 2.87. The number of hydrogen-bond acceptors (Lipinski definition) is 15. The van der Waals surface area contributed by atoms with Gasteiger partial charge in [0.1, 0.15) is 35.6 Å². The lowest BCUT2D eigenvalue weighted by Crippen LogP contribution is -2.81. The monoisotopic (exact) mass is 839 g/mol. The zero-order valence-electron chi connectivity index (χ0n) is 35.3. The predicted molar refractivity (Wildman–Crippen MR) is 212 cm³/mol. The lowest BCUT2D eigenvalue weighted by molar-refractivity contribution is -0.346. The quantitative estimate of drug-likeness (QED) is 0.127. The van der Waals surface area contributed by atoms with Crippen molar-refractivity contribution in [3.63, 3.8) is 0 Å². The number of fused-ring (bicyclic) bond motifs is 5. The minimum atomic E-state index is -2.35. The van der Waals surface area contributed by atoms with Gasteiger partial charge < -0.3 is 54.5 Å². The van der Waals surface area contributed by atoms with Crippen molar-refractivity contribution in [2.75, 3.05) is 13.7 Å². The Morgan fingerprint density at radius 2 is 1.52 bits per heavy atom. The van der Waals surface area contributed by atoms with Crippen LogP contribution in [0, 0.1) is 16.7 Å². The number of esters is 3. The van der Waals surface area contributed by atoms with Crippen molar-refractivity contribution >= 4 is 29.8 Å². The first-order valence-electron chi connectivity index (χ1n) is 19.8. The van der Waals surface area contributed by atoms with Crippen molar-refractivity contribution in [2.45, 2.75) is 128 Å². The molecule has 6 rings (SSSR count). The highest BCUT2D eigenvalue weighted by Gasteiger charge is 2.78. The fourth-order valence-electron chi connectivity index (χ4n) is 9.56. The lowest BCUT2D eigenvalue weighted by Gasteiger charge is -2.67. The minimum Gasteiger partial charge on any atom is -0.456 e. The van der Waals surface area contributed by atoms with E-state index >= 15 is 0 Å². The van der Waals surface area contributed by atoms with Crippen LogP contribution in [0.1, 0.15) is 90.2 Å². The summed E-state index contributed by atoms with van der Waals surface area (Å²) in [6.07, 6.45) is -11.5. The number of carbonyl (C=O) groups excluding carboxylic acids is 5. The Bertz CT molecular complexity index is 1980. The molecule has 1 aliphatic heterocycles. The third kappa shape index (κ3) is 7.96. The Morgan fingerprint density at radius 1 is 0.933 bits per heavy atom. The molecule has 11 atom stereocenters. The Kier molecular flexibility index (Phi) is 13.1. The summed E-state index contributed by atoms with van der Waals surface area (Å²) in [7, 11) is 1.00. The Hall–Kier alpha value is -4.71. The van der Waals surface area contributed by atoms with E-state index in [0.29, 0.717) is 5.56 Å². The van der Waals surface area contributed by atoms with Crippen LogP contribution in [-0.2, 0) is 38.1 Å². The summed E-state index contributed by atoms with van der Waals surface area (Å²) in [6.45, 7) is 11.8. The van der Waals surface area contributed by atoms with Gasteiger partial charge in [-0.1, -0.05) is 62.4 Å². The second kappa shape index (κ2) is 17.0. The van der Waals surface area contributed by atoms with Crippen LogP contribution < -0.4 is 5.32 Å². The highest BCUT2D eigenvalue weighted by molar-refractivity contribution is 5.94. The van der Waals surface area contributed by atoms with Crippen LogP contribution in [0.4, 0.5) is 4.79 Å². The van der Waals surface area contributed by atoms with E-state index in [9.17, 15) is 44.4 Å². The van der Waals surface area contributed by atoms with Gasteiger partial charge in [-0.2, -0.15) is 0 Å². The highest BCUT2D eigenvalue weighted by atomic mass is 16.6. The van der Waals surface area contributed by atoms with Gasteiger partial charge in [0.15, 0.2) is 17.5 Å². The van der Waals surface area contributed by atoms with Gasteiger partial charge in [0.25, 0.3) is 0 Å². The van der Waals surface area contributed by atoms with Crippen molar-refractivity contribution in [3.05, 3.63) is 82.9 Å². The molecule has 0 aromatic heterocycles. The van der Waals surface area contributed by atoms with E-state index < -0.39 is 112 Å². The number of amides is 1. The molecular formula is C44H57NO15. The summed E-state index contributed by atoms with van der Waals surface area (Å²) in [5.74, 6) is -5.36. The van der Waals surface area contributed by atoms with Crippen molar-refractivity contribution < 1.29 is 73.2 Å². The number of ether oxygens (including phenoxy) is 5. The second-order valence-corrected chi connectivity index (χ2v) is 17.6. The summed E-state index contributed by atoms with van der Waals surface area (Å²) in [4.78, 5) is 68.9. The molecule has 1 saturated heterocycles. The van der Waals surface area contributed by atoms with Crippen LogP contribution in [-0.4, -0.2) is 122 Å². The van der Waals surface area contributed by atoms with E-state index in [2.05, 4.69) is 5.32 Å². The third-order valence-electron chi connectivity index (χ3n) is 12.6. The number of carbonyl (C=O) groups is 5. The number of benzene rings is 2. The number of ketones is 1. The molecule has 328 valence electrons. The molecule has 3 aliphatic carbocycles. The highest BCUT2D eigenvalue weighted by Crippen LogP contribution is 2.64. The molecule has 60 heavy (non-hydrogen) atoms. The molecule has 2 saturated carbocycles. The van der Waals surface area contributed by atoms with Crippen molar-refractivity contribution in [1.82, 2.24) is 5.32 Å². The van der Waals surface area contributed by atoms with Crippen LogP contribution in [0.25, 0.3) is 0 Å². The number of alkyl carbamates (subject to hydrolysis) is 1. The summed E-state index contributed by atoms with van der Waals surface area (Å²) >= 11 is 0. The molecule has 4 aliphatic rings. The van der Waals surface area contributed by atoms with Gasteiger partial charge >= 0.3 is 24.0 Å². The fourth-order valence-corrected chi connectivity index (χ4v) is 9.56. The van der Waals surface area contributed by atoms with Crippen LogP contribution >= 0.6 is 0 Å². The number of aliphatic hydroxyl groups is 5. The van der Waals surface area contributed by atoms with Crippen molar-refractivity contribution in [3.8, 4) is 0 Å². The van der Waals surface area contributed by atoms with Gasteiger partial charge in [0, 0.05) is 32.3 Å². The standard InChI is InChI=1S/C43H53NO14.CH4O/c1-22-26(55-37(51)32(48)30(24-15-11-9-12-16-24)44-38(52)58-39(3,4)5)20-43(53)35(56-36(50)25-17-13-10-14-18-25)33-41(8,34(49)31(47)29(22)40(43,6)7)27(46)19-28-42(33,21-54-28)57-23(2)45;1-2/h9-18,26-28,30-33,35,46-48,53H,19-21H2,1-8H3,(H,44,52);2H,1H3/t26-,27-,28+,30-,31+,32+,33-,35-,41+,42-,43+;/m0./s1. The van der Waals surface area contributed by atoms with Gasteiger partial charge in [-0.05, 0) is 63.5 Å². The zero-order chi connectivity index (χ0) is 44.7. The average Bonchev–Trinajstić information content (AvgIpc) is 3.18. The van der Waals surface area contributed by atoms with E-state index in [4.69, 9.17) is 28.8 Å². The van der Waals surface area contributed by atoms with E-state index in [0.717, 1.165) is 14.0 Å². The molecular weight excluding hydrogens is 782 g/mol. The van der Waals surface area contributed by atoms with Gasteiger partial charge in [-0.15, -0.1) is 0 Å². The zero-order valence-corrected chi connectivity index (χ0v) is 35.3. The molecule has 0 unspecified atom stereocenters. The van der Waals surface area contributed by atoms with E-state index in [1.54, 1.807) is 83.1 Å². The normalized spacial score (nSPS) is 32.7. The van der Waals surface area contributed by atoms with E-state index in [1.165, 1.54) is 26.0 Å². The smallest absolute Gasteiger partial charge is 0.408 e. The minimum absolute atomic E-state index is 0.0637. The molecule has 2 bridgehead atoms. The molecule has 16 nitrogen and oxygen atoms in total. The molecule has 6 N–H and O–H groups in total. The van der Waals surface area contributed by atoms with E-state index in [-0.39, 0.29) is 29.7 Å². The molecule has 3 fully saturated rings. The third-order valence-corrected chi connectivity index (χ3v) is 12.6. The van der Waals surface area contributed by atoms with Gasteiger partial charge in [0.2, 0.25) is 0 Å². The number of hydrogen-bond donors (Lipinski definition) is 6. The van der Waals surface area contributed by atoms with Crippen molar-refractivity contribution in [2.24, 2.45) is 16.7 Å². The SMILES string of the molecule is CC(=O)O[C@@]12CO[C@@H]1C[C@H](O)[C@@]1(C)C(=O)[C@H](O)C3=C(C)[C@@H](OC(=O)[C@H](O)[C@@H](NC(=O)OC(C)(C)C)c4ccccc4)C[C@@](O)([C@@H](OC(=O)c4ccccc4)[C@H]21)C3(C)C.CO. The van der Waals surface area contributed by atoms with Crippen LogP contribution in [0.15, 0.2) is 71.8 Å². The first-order valence-corrected chi connectivity index (χ1v) is 19.8. The maximum Gasteiger partial charge on any atom is 0.408 e. The first-order chi connectivity index (χ1) is 28.0. The summed E-state index contributed by atoms with van der Waals surface area (Å²) in [5, 5.41) is 58.6. The molecule has 0 spiro atoms. The number of Topliss-reactive ketones (excluding diaryl/α,β-unsaturated/α-hetero) is 1. The number of aliphatic hydroxyl groups excluding tert-OH is 4. The van der Waals surface area contributed by atoms with Gasteiger partial charge in [-0.25, -0.2) is 14.4 Å². The second-order valence-electron chi connectivity index (χ2n) is 17.6.